The van der Waals surface area contributed by atoms with E-state index in [4.69, 9.17) is 5.73 Å². The van der Waals surface area contributed by atoms with Crippen LogP contribution in [-0.2, 0) is 6.42 Å². The summed E-state index contributed by atoms with van der Waals surface area (Å²) in [6.07, 6.45) is 8.27. The van der Waals surface area contributed by atoms with Crippen molar-refractivity contribution in [2.75, 3.05) is 20.1 Å². The van der Waals surface area contributed by atoms with Crippen molar-refractivity contribution in [2.45, 2.75) is 38.1 Å². The van der Waals surface area contributed by atoms with E-state index in [1.165, 1.54) is 31.4 Å². The van der Waals surface area contributed by atoms with Gasteiger partial charge in [0.15, 0.2) is 0 Å². The first-order valence-corrected chi connectivity index (χ1v) is 7.10. The van der Waals surface area contributed by atoms with Crippen LogP contribution in [0.5, 0.6) is 0 Å². The van der Waals surface area contributed by atoms with Crippen molar-refractivity contribution in [3.63, 3.8) is 0 Å². The average Bonchev–Trinajstić information content (AvgIpc) is 2.91. The van der Waals surface area contributed by atoms with E-state index in [1.54, 1.807) is 0 Å². The summed E-state index contributed by atoms with van der Waals surface area (Å²) in [5.74, 6) is 0.752. The van der Waals surface area contributed by atoms with Crippen molar-refractivity contribution in [3.8, 4) is 0 Å². The number of nitrogens with two attached hydrogens (primary N) is 1. The molecule has 0 bridgehead atoms. The Morgan fingerprint density at radius 3 is 2.83 bits per heavy atom. The van der Waals surface area contributed by atoms with Gasteiger partial charge in [-0.1, -0.05) is 18.9 Å². The van der Waals surface area contributed by atoms with Gasteiger partial charge in [-0.25, -0.2) is 0 Å². The number of nitrogens with zero attached hydrogens (tertiary/aromatic N) is 2. The van der Waals surface area contributed by atoms with Crippen LogP contribution in [0.3, 0.4) is 0 Å². The molecular formula is C15H25N3. The molecule has 2 N–H and O–H groups in total. The number of aromatic nitrogens is 1. The molecule has 1 aliphatic carbocycles. The molecule has 3 heteroatoms. The maximum atomic E-state index is 6.29. The summed E-state index contributed by atoms with van der Waals surface area (Å²) in [6.45, 7) is 2.05. The highest BCUT2D eigenvalue weighted by Crippen LogP contribution is 2.26. The third-order valence-corrected chi connectivity index (χ3v) is 4.00. The molecule has 0 saturated heterocycles. The maximum absolute atomic E-state index is 6.29. The number of hydrogen-bond acceptors (Lipinski definition) is 3. The zero-order valence-corrected chi connectivity index (χ0v) is 11.4. The minimum absolute atomic E-state index is 0.348. The molecule has 0 amide bonds. The molecule has 0 aliphatic heterocycles. The standard InChI is InChI=1S/C15H25N3/c1-18(11-9-14-8-4-5-10-17-14)12-15(16)13-6-2-3-7-13/h4-5,8,10,13,15H,2-3,6-7,9,11-12,16H2,1H3. The van der Waals surface area contributed by atoms with Crippen molar-refractivity contribution in [3.05, 3.63) is 30.1 Å². The fourth-order valence-electron chi connectivity index (χ4n) is 2.84. The van der Waals surface area contributed by atoms with Gasteiger partial charge < -0.3 is 10.6 Å². The molecule has 0 radical (unpaired) electrons. The zero-order chi connectivity index (χ0) is 12.8. The lowest BCUT2D eigenvalue weighted by atomic mass is 9.98. The van der Waals surface area contributed by atoms with Crippen LogP contribution in [0, 0.1) is 5.92 Å². The van der Waals surface area contributed by atoms with E-state index in [-0.39, 0.29) is 0 Å². The van der Waals surface area contributed by atoms with Crippen molar-refractivity contribution < 1.29 is 0 Å². The van der Waals surface area contributed by atoms with E-state index in [0.29, 0.717) is 6.04 Å². The lowest BCUT2D eigenvalue weighted by Gasteiger charge is -2.25. The highest BCUT2D eigenvalue weighted by molar-refractivity contribution is 5.03. The van der Waals surface area contributed by atoms with Gasteiger partial charge in [-0.15, -0.1) is 0 Å². The third-order valence-electron chi connectivity index (χ3n) is 4.00. The second-order valence-corrected chi connectivity index (χ2v) is 5.54. The van der Waals surface area contributed by atoms with Gasteiger partial charge in [-0.2, -0.15) is 0 Å². The summed E-state index contributed by atoms with van der Waals surface area (Å²) in [4.78, 5) is 6.69. The highest BCUT2D eigenvalue weighted by atomic mass is 15.1. The number of pyridine rings is 1. The molecule has 1 heterocycles. The van der Waals surface area contributed by atoms with Gasteiger partial charge >= 0.3 is 0 Å². The van der Waals surface area contributed by atoms with E-state index in [9.17, 15) is 0 Å². The minimum atomic E-state index is 0.348. The number of likely N-dealkylation sites (N-methyl/N-ethyl adjacent to an activating group) is 1. The maximum Gasteiger partial charge on any atom is 0.0416 e. The van der Waals surface area contributed by atoms with Gasteiger partial charge in [0.2, 0.25) is 0 Å². The van der Waals surface area contributed by atoms with E-state index >= 15 is 0 Å². The first-order valence-electron chi connectivity index (χ1n) is 7.10. The van der Waals surface area contributed by atoms with E-state index in [1.807, 2.05) is 18.3 Å². The lowest BCUT2D eigenvalue weighted by molar-refractivity contribution is 0.272. The lowest BCUT2D eigenvalue weighted by Crippen LogP contribution is -2.40. The van der Waals surface area contributed by atoms with Crippen molar-refractivity contribution >= 4 is 0 Å². The Morgan fingerprint density at radius 1 is 1.39 bits per heavy atom. The molecule has 1 fully saturated rings. The molecule has 1 unspecified atom stereocenters. The molecule has 1 saturated carbocycles. The van der Waals surface area contributed by atoms with Crippen LogP contribution in [0.15, 0.2) is 24.4 Å². The summed E-state index contributed by atoms with van der Waals surface area (Å²) >= 11 is 0. The minimum Gasteiger partial charge on any atom is -0.326 e. The second kappa shape index (κ2) is 6.86. The molecular weight excluding hydrogens is 222 g/mol. The first kappa shape index (κ1) is 13.5. The van der Waals surface area contributed by atoms with E-state index < -0.39 is 0 Å². The fraction of sp³-hybridized carbons (Fsp3) is 0.667. The van der Waals surface area contributed by atoms with Gasteiger partial charge in [0.1, 0.15) is 0 Å². The Kier molecular flexibility index (Phi) is 5.14. The van der Waals surface area contributed by atoms with Crippen molar-refractivity contribution in [1.29, 1.82) is 0 Å². The van der Waals surface area contributed by atoms with Crippen LogP contribution in [0.2, 0.25) is 0 Å². The molecule has 100 valence electrons. The molecule has 0 spiro atoms. The molecule has 1 aromatic rings. The predicted molar refractivity (Wildman–Crippen MR) is 75.4 cm³/mol. The van der Waals surface area contributed by atoms with Gasteiger partial charge in [-0.3, -0.25) is 4.98 Å². The van der Waals surface area contributed by atoms with Gasteiger partial charge in [0.25, 0.3) is 0 Å². The Bertz CT molecular complexity index is 333. The molecule has 1 atom stereocenters. The molecule has 3 nitrogen and oxygen atoms in total. The molecule has 1 aliphatic rings. The topological polar surface area (TPSA) is 42.2 Å². The second-order valence-electron chi connectivity index (χ2n) is 5.54. The van der Waals surface area contributed by atoms with Crippen LogP contribution < -0.4 is 5.73 Å². The van der Waals surface area contributed by atoms with Gasteiger partial charge in [0, 0.05) is 37.4 Å². The van der Waals surface area contributed by atoms with Crippen LogP contribution >= 0.6 is 0 Å². The van der Waals surface area contributed by atoms with E-state index in [0.717, 1.165) is 25.4 Å². The van der Waals surface area contributed by atoms with Crippen LogP contribution in [0.4, 0.5) is 0 Å². The van der Waals surface area contributed by atoms with Crippen LogP contribution in [-0.4, -0.2) is 36.1 Å². The SMILES string of the molecule is CN(CCc1ccccn1)CC(N)C1CCCC1. The summed E-state index contributed by atoms with van der Waals surface area (Å²) in [5, 5.41) is 0. The van der Waals surface area contributed by atoms with Gasteiger partial charge in [-0.05, 0) is 37.9 Å². The smallest absolute Gasteiger partial charge is 0.0416 e. The predicted octanol–water partition coefficient (Wildman–Crippen LogP) is 2.07. The summed E-state index contributed by atoms with van der Waals surface area (Å²) < 4.78 is 0. The Hall–Kier alpha value is -0.930. The molecule has 18 heavy (non-hydrogen) atoms. The molecule has 0 aromatic carbocycles. The highest BCUT2D eigenvalue weighted by Gasteiger charge is 2.22. The largest absolute Gasteiger partial charge is 0.326 e. The van der Waals surface area contributed by atoms with Crippen LogP contribution in [0.25, 0.3) is 0 Å². The van der Waals surface area contributed by atoms with Crippen LogP contribution in [0.1, 0.15) is 31.4 Å². The molecule has 1 aromatic heterocycles. The monoisotopic (exact) mass is 247 g/mol. The summed E-state index contributed by atoms with van der Waals surface area (Å²) in [5.41, 5.74) is 7.46. The fourth-order valence-corrected chi connectivity index (χ4v) is 2.84. The number of hydrogen-bond donors (Lipinski definition) is 1. The third kappa shape index (κ3) is 4.07. The normalized spacial score (nSPS) is 18.4. The summed E-state index contributed by atoms with van der Waals surface area (Å²) in [7, 11) is 2.16. The summed E-state index contributed by atoms with van der Waals surface area (Å²) in [6, 6.07) is 6.45. The quantitative estimate of drug-likeness (QED) is 0.837. The zero-order valence-electron chi connectivity index (χ0n) is 11.4. The van der Waals surface area contributed by atoms with Crippen molar-refractivity contribution in [2.24, 2.45) is 11.7 Å². The first-order chi connectivity index (χ1) is 8.75. The Labute approximate surface area is 110 Å². The Balaban J connectivity index is 1.70. The number of rotatable bonds is 6. The molecule has 2 rings (SSSR count). The van der Waals surface area contributed by atoms with E-state index in [2.05, 4.69) is 23.0 Å². The average molecular weight is 247 g/mol. The van der Waals surface area contributed by atoms with Crippen molar-refractivity contribution in [1.82, 2.24) is 9.88 Å². The Morgan fingerprint density at radius 2 is 2.17 bits per heavy atom. The van der Waals surface area contributed by atoms with Gasteiger partial charge in [0.05, 0.1) is 0 Å².